The molecule has 1 aliphatic heterocycles. The number of carbonyl (C=O) groups is 6. The Labute approximate surface area is 269 Å². The summed E-state index contributed by atoms with van der Waals surface area (Å²) in [5, 5.41) is 0. The van der Waals surface area contributed by atoms with E-state index in [4.69, 9.17) is 18.9 Å². The van der Waals surface area contributed by atoms with Crippen LogP contribution < -0.4 is 0 Å². The zero-order chi connectivity index (χ0) is 34.2. The van der Waals surface area contributed by atoms with Gasteiger partial charge in [0.25, 0.3) is 0 Å². The Morgan fingerprint density at radius 1 is 0.867 bits per heavy atom. The second-order valence-electron chi connectivity index (χ2n) is 13.5. The third-order valence-corrected chi connectivity index (χ3v) is 8.69. The van der Waals surface area contributed by atoms with Crippen LogP contribution in [0.3, 0.4) is 0 Å². The molecule has 258 valence electrons. The molecule has 0 aromatic heterocycles. The van der Waals surface area contributed by atoms with Crippen LogP contribution in [0.2, 0.25) is 0 Å². The maximum atomic E-state index is 13.7. The zero-order valence-corrected chi connectivity index (χ0v) is 28.9. The number of rotatable bonds is 20. The monoisotopic (exact) mass is 639 g/mol. The van der Waals surface area contributed by atoms with Crippen LogP contribution in [0, 0.1) is 22.7 Å². The van der Waals surface area contributed by atoms with Gasteiger partial charge in [-0.3, -0.25) is 28.8 Å². The van der Waals surface area contributed by atoms with Crippen LogP contribution in [0.4, 0.5) is 0 Å². The average Bonchev–Trinajstić information content (AvgIpc) is 3.20. The van der Waals surface area contributed by atoms with Crippen LogP contribution in [0.15, 0.2) is 0 Å². The third-order valence-electron chi connectivity index (χ3n) is 8.69. The maximum Gasteiger partial charge on any atom is 0.313 e. The van der Waals surface area contributed by atoms with E-state index >= 15 is 0 Å². The molecule has 0 bridgehead atoms. The van der Waals surface area contributed by atoms with E-state index in [1.54, 1.807) is 6.92 Å². The van der Waals surface area contributed by atoms with Gasteiger partial charge in [0.15, 0.2) is 0 Å². The Bertz CT molecular complexity index is 1010. The molecule has 0 aromatic carbocycles. The number of hydrogen-bond donors (Lipinski definition) is 0. The molecule has 1 heterocycles. The lowest BCUT2D eigenvalue weighted by atomic mass is 9.71. The van der Waals surface area contributed by atoms with Crippen molar-refractivity contribution < 1.29 is 47.7 Å². The Balaban J connectivity index is 3.23. The lowest BCUT2D eigenvalue weighted by Crippen LogP contribution is -2.44. The summed E-state index contributed by atoms with van der Waals surface area (Å²) in [5.74, 6) is -2.45. The second-order valence-corrected chi connectivity index (χ2v) is 13.5. The molecule has 45 heavy (non-hydrogen) atoms. The first-order chi connectivity index (χ1) is 21.1. The lowest BCUT2D eigenvalue weighted by Gasteiger charge is -2.37. The molecule has 0 aromatic rings. The van der Waals surface area contributed by atoms with Gasteiger partial charge >= 0.3 is 23.9 Å². The highest BCUT2D eigenvalue weighted by Gasteiger charge is 2.43. The van der Waals surface area contributed by atoms with E-state index < -0.39 is 22.8 Å². The van der Waals surface area contributed by atoms with Crippen molar-refractivity contribution in [1.29, 1.82) is 0 Å². The highest BCUT2D eigenvalue weighted by atomic mass is 16.6. The predicted octanol–water partition coefficient (Wildman–Crippen LogP) is 5.20. The predicted molar refractivity (Wildman–Crippen MR) is 168 cm³/mol. The number of hydrogen-bond acceptors (Lipinski definition) is 10. The van der Waals surface area contributed by atoms with E-state index in [0.717, 1.165) is 19.3 Å². The number of methoxy groups -OCH3 is 1. The van der Waals surface area contributed by atoms with Crippen molar-refractivity contribution in [3.05, 3.63) is 0 Å². The number of amides is 1. The SMILES string of the molecule is CCC(CCC(C)(CCC(C)(CC(C)N1CCCCCC1=O)C(=O)OCCOC(=O)CC(C)=O)C(=O)OCC(C)C)C(=O)OC. The first-order valence-electron chi connectivity index (χ1n) is 16.4. The summed E-state index contributed by atoms with van der Waals surface area (Å²) in [6, 6.07) is -0.260. The molecule has 0 aliphatic carbocycles. The van der Waals surface area contributed by atoms with E-state index in [2.05, 4.69) is 0 Å². The Morgan fingerprint density at radius 2 is 1.49 bits per heavy atom. The summed E-state index contributed by atoms with van der Waals surface area (Å²) in [4.78, 5) is 77.2. The Kier molecular flexibility index (Phi) is 17.4. The number of ether oxygens (including phenoxy) is 4. The summed E-state index contributed by atoms with van der Waals surface area (Å²) in [5.41, 5.74) is -2.09. The third kappa shape index (κ3) is 13.9. The van der Waals surface area contributed by atoms with Gasteiger partial charge in [0.05, 0.1) is 30.5 Å². The summed E-state index contributed by atoms with van der Waals surface area (Å²) in [7, 11) is 1.35. The molecule has 1 rings (SSSR count). The molecular weight excluding hydrogens is 582 g/mol. The Morgan fingerprint density at radius 3 is 2.09 bits per heavy atom. The van der Waals surface area contributed by atoms with E-state index in [0.29, 0.717) is 38.6 Å². The van der Waals surface area contributed by atoms with E-state index in [1.165, 1.54) is 14.0 Å². The smallest absolute Gasteiger partial charge is 0.313 e. The van der Waals surface area contributed by atoms with Gasteiger partial charge in [-0.25, -0.2) is 0 Å². The van der Waals surface area contributed by atoms with Gasteiger partial charge in [-0.05, 0) is 85.0 Å². The number of nitrogens with zero attached hydrogens (tertiary/aromatic N) is 1. The Hall–Kier alpha value is -2.98. The quantitative estimate of drug-likeness (QED) is 0.0754. The summed E-state index contributed by atoms with van der Waals surface area (Å²) in [6.07, 6.45) is 4.99. The van der Waals surface area contributed by atoms with Crippen molar-refractivity contribution in [2.75, 3.05) is 33.5 Å². The van der Waals surface area contributed by atoms with Gasteiger partial charge in [-0.1, -0.05) is 27.2 Å². The van der Waals surface area contributed by atoms with Gasteiger partial charge in [0.1, 0.15) is 25.4 Å². The lowest BCUT2D eigenvalue weighted by molar-refractivity contribution is -0.164. The van der Waals surface area contributed by atoms with Crippen LogP contribution in [-0.2, 0) is 47.7 Å². The van der Waals surface area contributed by atoms with Crippen LogP contribution in [-0.4, -0.2) is 80.0 Å². The molecule has 1 aliphatic rings. The second kappa shape index (κ2) is 19.5. The van der Waals surface area contributed by atoms with E-state index in [1.807, 2.05) is 39.5 Å². The van der Waals surface area contributed by atoms with Crippen molar-refractivity contribution in [2.24, 2.45) is 22.7 Å². The van der Waals surface area contributed by atoms with E-state index in [-0.39, 0.29) is 80.6 Å². The number of esters is 4. The normalized spacial score (nSPS) is 17.7. The molecule has 0 radical (unpaired) electrons. The fourth-order valence-electron chi connectivity index (χ4n) is 5.68. The fourth-order valence-corrected chi connectivity index (χ4v) is 5.68. The minimum Gasteiger partial charge on any atom is -0.469 e. The van der Waals surface area contributed by atoms with Crippen LogP contribution >= 0.6 is 0 Å². The van der Waals surface area contributed by atoms with Crippen molar-refractivity contribution in [3.63, 3.8) is 0 Å². The first-order valence-corrected chi connectivity index (χ1v) is 16.4. The molecule has 11 heteroatoms. The molecule has 1 amide bonds. The molecule has 0 N–H and O–H groups in total. The van der Waals surface area contributed by atoms with Crippen molar-refractivity contribution in [1.82, 2.24) is 4.90 Å². The summed E-state index contributed by atoms with van der Waals surface area (Å²) >= 11 is 0. The molecule has 0 saturated carbocycles. The maximum absolute atomic E-state index is 13.7. The highest BCUT2D eigenvalue weighted by molar-refractivity contribution is 5.94. The molecule has 1 saturated heterocycles. The number of ketones is 1. The van der Waals surface area contributed by atoms with Crippen LogP contribution in [0.1, 0.15) is 119 Å². The molecular formula is C34H57NO10. The number of Topliss-reactive ketones (excluding diaryl/α,β-unsaturated/α-hetero) is 1. The van der Waals surface area contributed by atoms with Crippen molar-refractivity contribution in [3.8, 4) is 0 Å². The highest BCUT2D eigenvalue weighted by Crippen LogP contribution is 2.41. The van der Waals surface area contributed by atoms with Crippen molar-refractivity contribution >= 4 is 35.6 Å². The van der Waals surface area contributed by atoms with E-state index in [9.17, 15) is 28.8 Å². The summed E-state index contributed by atoms with van der Waals surface area (Å²) < 4.78 is 21.2. The first kappa shape index (κ1) is 40.0. The van der Waals surface area contributed by atoms with Crippen LogP contribution in [0.25, 0.3) is 0 Å². The molecule has 4 atom stereocenters. The summed E-state index contributed by atoms with van der Waals surface area (Å²) in [6.45, 7) is 13.1. The van der Waals surface area contributed by atoms with Crippen molar-refractivity contribution in [2.45, 2.75) is 125 Å². The van der Waals surface area contributed by atoms with Gasteiger partial charge < -0.3 is 23.8 Å². The largest absolute Gasteiger partial charge is 0.469 e. The minimum atomic E-state index is -1.10. The van der Waals surface area contributed by atoms with Gasteiger partial charge in [-0.2, -0.15) is 0 Å². The molecule has 0 spiro atoms. The zero-order valence-electron chi connectivity index (χ0n) is 28.9. The number of likely N-dealkylation sites (tertiary alicyclic amines) is 1. The minimum absolute atomic E-state index is 0.0589. The van der Waals surface area contributed by atoms with Crippen LogP contribution in [0.5, 0.6) is 0 Å². The molecule has 11 nitrogen and oxygen atoms in total. The van der Waals surface area contributed by atoms with Gasteiger partial charge in [-0.15, -0.1) is 0 Å². The van der Waals surface area contributed by atoms with Gasteiger partial charge in [0, 0.05) is 19.0 Å². The average molecular weight is 640 g/mol. The fraction of sp³-hybridized carbons (Fsp3) is 0.824. The standard InChI is InChI=1S/C34H57NO10/c1-9-27(30(39)42-8)14-15-33(6,31(40)45-23-24(2)3)16-17-34(7,22-25(4)35-18-12-10-11-13-28(35)37)32(41)44-20-19-43-29(38)21-26(5)36/h24-25,27H,9-23H2,1-8H3. The molecule has 4 unspecified atom stereocenters. The topological polar surface area (TPSA) is 143 Å². The van der Waals surface area contributed by atoms with Gasteiger partial charge in [0.2, 0.25) is 5.91 Å². The number of carbonyl (C=O) groups excluding carboxylic acids is 6. The molecule has 1 fully saturated rings.